The zero-order valence-electron chi connectivity index (χ0n) is 17.0. The maximum Gasteiger partial charge on any atom is 0.252 e. The van der Waals surface area contributed by atoms with Gasteiger partial charge in [-0.1, -0.05) is 12.1 Å². The lowest BCUT2D eigenvalue weighted by atomic mass is 9.79. The lowest BCUT2D eigenvalue weighted by molar-refractivity contribution is 0.0511. The monoisotopic (exact) mass is 382 g/mol. The Bertz CT molecular complexity index is 778. The van der Waals surface area contributed by atoms with Gasteiger partial charge in [0.15, 0.2) is 0 Å². The fraction of sp³-hybridized carbons (Fsp3) is 0.455. The Morgan fingerprint density at radius 3 is 2.54 bits per heavy atom. The van der Waals surface area contributed by atoms with Crippen molar-refractivity contribution in [3.8, 4) is 11.1 Å². The minimum atomic E-state index is -0.0896. The van der Waals surface area contributed by atoms with Crippen LogP contribution in [0, 0.1) is 5.41 Å². The highest BCUT2D eigenvalue weighted by Crippen LogP contribution is 2.28. The number of benzene rings is 1. The topological polar surface area (TPSA) is 66.5 Å². The lowest BCUT2D eigenvalue weighted by Gasteiger charge is -2.37. The first-order valence-electron chi connectivity index (χ1n) is 9.74. The number of nitrogens with zero attached hydrogens (tertiary/aromatic N) is 2. The summed E-state index contributed by atoms with van der Waals surface area (Å²) in [6, 6.07) is 10.1. The third kappa shape index (κ3) is 4.88. The summed E-state index contributed by atoms with van der Waals surface area (Å²) in [5.74, 6) is -0.0896. The molecule has 0 spiro atoms. The van der Waals surface area contributed by atoms with Crippen molar-refractivity contribution in [1.82, 2.24) is 15.6 Å². The van der Waals surface area contributed by atoms with Gasteiger partial charge in [0, 0.05) is 56.8 Å². The number of hydrogen-bond acceptors (Lipinski definition) is 5. The van der Waals surface area contributed by atoms with Crippen molar-refractivity contribution in [3.05, 3.63) is 48.3 Å². The summed E-state index contributed by atoms with van der Waals surface area (Å²) >= 11 is 0. The summed E-state index contributed by atoms with van der Waals surface area (Å²) in [6.45, 7) is 3.19. The highest BCUT2D eigenvalue weighted by molar-refractivity contribution is 5.95. The predicted molar refractivity (Wildman–Crippen MR) is 113 cm³/mol. The van der Waals surface area contributed by atoms with Crippen molar-refractivity contribution in [2.45, 2.75) is 12.8 Å². The fourth-order valence-electron chi connectivity index (χ4n) is 3.68. The number of ether oxygens (including phenoxy) is 1. The van der Waals surface area contributed by atoms with Gasteiger partial charge in [0.05, 0.1) is 12.2 Å². The average molecular weight is 383 g/mol. The Kier molecular flexibility index (Phi) is 6.65. The van der Waals surface area contributed by atoms with Gasteiger partial charge in [-0.25, -0.2) is 0 Å². The van der Waals surface area contributed by atoms with Crippen LogP contribution in [-0.2, 0) is 4.74 Å². The predicted octanol–water partition coefficient (Wildman–Crippen LogP) is 2.56. The highest BCUT2D eigenvalue weighted by Gasteiger charge is 2.32. The van der Waals surface area contributed by atoms with Gasteiger partial charge >= 0.3 is 0 Å². The molecular formula is C22H30N4O2. The molecular weight excluding hydrogens is 352 g/mol. The Balaban J connectivity index is 1.69. The summed E-state index contributed by atoms with van der Waals surface area (Å²) in [7, 11) is 5.75. The maximum atomic E-state index is 12.7. The molecule has 0 saturated carbocycles. The van der Waals surface area contributed by atoms with Crippen LogP contribution in [0.1, 0.15) is 23.2 Å². The number of aromatic nitrogens is 1. The SMILES string of the molecule is COCC1(CNC(=O)c2cncc(-c3ccc(N(C)C)cc3)c2)CCNCC1. The van der Waals surface area contributed by atoms with Crippen LogP contribution >= 0.6 is 0 Å². The molecule has 0 aliphatic carbocycles. The number of amides is 1. The van der Waals surface area contributed by atoms with E-state index < -0.39 is 0 Å². The van der Waals surface area contributed by atoms with Crippen LogP contribution in [0.2, 0.25) is 0 Å². The third-order valence-electron chi connectivity index (χ3n) is 5.46. The molecule has 6 heteroatoms. The van der Waals surface area contributed by atoms with E-state index in [0.29, 0.717) is 18.7 Å². The molecule has 0 radical (unpaired) electrons. The van der Waals surface area contributed by atoms with Crippen LogP contribution < -0.4 is 15.5 Å². The molecule has 1 fully saturated rings. The summed E-state index contributed by atoms with van der Waals surface area (Å²) in [4.78, 5) is 19.1. The van der Waals surface area contributed by atoms with Gasteiger partial charge in [0.25, 0.3) is 5.91 Å². The number of carbonyl (C=O) groups excluding carboxylic acids is 1. The number of hydrogen-bond donors (Lipinski definition) is 2. The van der Waals surface area contributed by atoms with E-state index in [0.717, 1.165) is 42.7 Å². The molecule has 6 nitrogen and oxygen atoms in total. The molecule has 2 aromatic rings. The minimum Gasteiger partial charge on any atom is -0.384 e. The Hall–Kier alpha value is -2.44. The van der Waals surface area contributed by atoms with E-state index in [2.05, 4.69) is 44.8 Å². The summed E-state index contributed by atoms with van der Waals surface area (Å²) in [6.07, 6.45) is 5.41. The molecule has 3 rings (SSSR count). The van der Waals surface area contributed by atoms with Crippen molar-refractivity contribution in [3.63, 3.8) is 0 Å². The molecule has 1 aliphatic rings. The van der Waals surface area contributed by atoms with Crippen LogP contribution in [0.4, 0.5) is 5.69 Å². The zero-order valence-corrected chi connectivity index (χ0v) is 17.0. The third-order valence-corrected chi connectivity index (χ3v) is 5.46. The molecule has 1 aromatic carbocycles. The van der Waals surface area contributed by atoms with E-state index in [1.165, 1.54) is 0 Å². The van der Waals surface area contributed by atoms with Crippen molar-refractivity contribution >= 4 is 11.6 Å². The zero-order chi connectivity index (χ0) is 20.0. The molecule has 1 aliphatic heterocycles. The first kappa shape index (κ1) is 20.3. The van der Waals surface area contributed by atoms with E-state index in [4.69, 9.17) is 4.74 Å². The van der Waals surface area contributed by atoms with Crippen molar-refractivity contribution < 1.29 is 9.53 Å². The molecule has 0 bridgehead atoms. The van der Waals surface area contributed by atoms with E-state index in [1.54, 1.807) is 19.5 Å². The number of rotatable bonds is 7. The van der Waals surface area contributed by atoms with E-state index in [1.807, 2.05) is 20.2 Å². The van der Waals surface area contributed by atoms with Crippen LogP contribution in [0.5, 0.6) is 0 Å². The van der Waals surface area contributed by atoms with Gasteiger partial charge in [-0.15, -0.1) is 0 Å². The van der Waals surface area contributed by atoms with Gasteiger partial charge in [0.1, 0.15) is 0 Å². The van der Waals surface area contributed by atoms with Gasteiger partial charge in [0.2, 0.25) is 0 Å². The van der Waals surface area contributed by atoms with Crippen molar-refractivity contribution in [1.29, 1.82) is 0 Å². The molecule has 2 N–H and O–H groups in total. The minimum absolute atomic E-state index is 0.00269. The second-order valence-electron chi connectivity index (χ2n) is 7.77. The highest BCUT2D eigenvalue weighted by atomic mass is 16.5. The average Bonchev–Trinajstić information content (AvgIpc) is 2.73. The Morgan fingerprint density at radius 2 is 1.89 bits per heavy atom. The number of piperidine rings is 1. The van der Waals surface area contributed by atoms with Gasteiger partial charge < -0.3 is 20.3 Å². The fourth-order valence-corrected chi connectivity index (χ4v) is 3.68. The molecule has 1 aromatic heterocycles. The lowest BCUT2D eigenvalue weighted by Crippen LogP contribution is -2.47. The van der Waals surface area contributed by atoms with E-state index in [9.17, 15) is 4.79 Å². The number of methoxy groups -OCH3 is 1. The van der Waals surface area contributed by atoms with Crippen LogP contribution in [0.15, 0.2) is 42.7 Å². The Morgan fingerprint density at radius 1 is 1.18 bits per heavy atom. The maximum absolute atomic E-state index is 12.7. The smallest absolute Gasteiger partial charge is 0.252 e. The molecule has 0 atom stereocenters. The van der Waals surface area contributed by atoms with Crippen molar-refractivity contribution in [2.24, 2.45) is 5.41 Å². The molecule has 28 heavy (non-hydrogen) atoms. The second-order valence-corrected chi connectivity index (χ2v) is 7.77. The molecule has 1 saturated heterocycles. The van der Waals surface area contributed by atoms with Gasteiger partial charge in [-0.05, 0) is 49.7 Å². The summed E-state index contributed by atoms with van der Waals surface area (Å²) < 4.78 is 5.43. The van der Waals surface area contributed by atoms with Crippen molar-refractivity contribution in [2.75, 3.05) is 52.3 Å². The second kappa shape index (κ2) is 9.17. The Labute approximate surface area is 167 Å². The van der Waals surface area contributed by atoms with Crippen LogP contribution in [0.3, 0.4) is 0 Å². The van der Waals surface area contributed by atoms with E-state index >= 15 is 0 Å². The first-order valence-corrected chi connectivity index (χ1v) is 9.74. The molecule has 150 valence electrons. The molecule has 2 heterocycles. The largest absolute Gasteiger partial charge is 0.384 e. The van der Waals surface area contributed by atoms with Crippen LogP contribution in [0.25, 0.3) is 11.1 Å². The number of anilines is 1. The van der Waals surface area contributed by atoms with Gasteiger partial charge in [-0.3, -0.25) is 9.78 Å². The summed E-state index contributed by atoms with van der Waals surface area (Å²) in [5.41, 5.74) is 3.70. The normalized spacial score (nSPS) is 15.8. The molecule has 0 unspecified atom stereocenters. The van der Waals surface area contributed by atoms with E-state index in [-0.39, 0.29) is 11.3 Å². The quantitative estimate of drug-likeness (QED) is 0.770. The standard InChI is InChI=1S/C22H30N4O2/c1-26(2)20-6-4-17(5-7-20)18-12-19(14-24-13-18)21(27)25-15-22(16-28-3)8-10-23-11-9-22/h4-7,12-14,23H,8-11,15-16H2,1-3H3,(H,25,27). The molecule has 1 amide bonds. The van der Waals surface area contributed by atoms with Gasteiger partial charge in [-0.2, -0.15) is 0 Å². The number of nitrogens with one attached hydrogen (secondary N) is 2. The summed E-state index contributed by atoms with van der Waals surface area (Å²) in [5, 5.41) is 6.48. The first-order chi connectivity index (χ1) is 13.5. The number of pyridine rings is 1. The number of carbonyl (C=O) groups is 1. The van der Waals surface area contributed by atoms with Crippen LogP contribution in [-0.4, -0.2) is 58.3 Å².